The predicted octanol–water partition coefficient (Wildman–Crippen LogP) is -0.103. The van der Waals surface area contributed by atoms with E-state index in [1.54, 1.807) is 12.3 Å². The largest absolute Gasteiger partial charge is 0.452 e. The van der Waals surface area contributed by atoms with Gasteiger partial charge in [-0.25, -0.2) is 14.7 Å². The van der Waals surface area contributed by atoms with Crippen LogP contribution < -0.4 is 5.73 Å². The van der Waals surface area contributed by atoms with Crippen molar-refractivity contribution >= 4 is 12.1 Å². The van der Waals surface area contributed by atoms with Gasteiger partial charge in [0.1, 0.15) is 0 Å². The lowest BCUT2D eigenvalue weighted by Crippen LogP contribution is -2.42. The van der Waals surface area contributed by atoms with E-state index in [0.29, 0.717) is 6.54 Å². The van der Waals surface area contributed by atoms with E-state index in [0.717, 1.165) is 0 Å². The van der Waals surface area contributed by atoms with Gasteiger partial charge in [-0.2, -0.15) is 0 Å². The average molecular weight is 155 g/mol. The summed E-state index contributed by atoms with van der Waals surface area (Å²) in [6.45, 7) is 0.419. The van der Waals surface area contributed by atoms with E-state index < -0.39 is 6.09 Å². The summed E-state index contributed by atoms with van der Waals surface area (Å²) in [6.07, 6.45) is 2.78. The van der Waals surface area contributed by atoms with Crippen LogP contribution in [0.4, 0.5) is 4.79 Å². The fourth-order valence-electron chi connectivity index (χ4n) is 0.723. The molecule has 0 unspecified atom stereocenters. The maximum absolute atomic E-state index is 10.9. The number of rotatable bonds is 0. The first-order chi connectivity index (χ1) is 5.25. The summed E-state index contributed by atoms with van der Waals surface area (Å²) in [5.74, 6) is 0.166. The minimum atomic E-state index is -0.490. The topological polar surface area (TPSA) is 67.9 Å². The van der Waals surface area contributed by atoms with Crippen LogP contribution in [0.3, 0.4) is 0 Å². The van der Waals surface area contributed by atoms with Crippen molar-refractivity contribution in [3.8, 4) is 0 Å². The number of methoxy groups -OCH3 is 1. The number of aliphatic imine (C=N–C) groups is 1. The summed E-state index contributed by atoms with van der Waals surface area (Å²) >= 11 is 0. The molecule has 1 heterocycles. The third kappa shape index (κ3) is 1.49. The minimum absolute atomic E-state index is 0.166. The molecule has 2 N–H and O–H groups in total. The molecule has 1 aliphatic heterocycles. The van der Waals surface area contributed by atoms with Crippen molar-refractivity contribution in [2.75, 3.05) is 13.7 Å². The van der Waals surface area contributed by atoms with Crippen LogP contribution in [0.1, 0.15) is 0 Å². The van der Waals surface area contributed by atoms with E-state index >= 15 is 0 Å². The highest BCUT2D eigenvalue weighted by atomic mass is 16.5. The van der Waals surface area contributed by atoms with Crippen LogP contribution in [0.15, 0.2) is 17.3 Å². The maximum Gasteiger partial charge on any atom is 0.416 e. The smallest absolute Gasteiger partial charge is 0.416 e. The molecule has 0 aliphatic carbocycles. The van der Waals surface area contributed by atoms with Crippen LogP contribution in [-0.2, 0) is 4.74 Å². The zero-order valence-corrected chi connectivity index (χ0v) is 6.15. The predicted molar refractivity (Wildman–Crippen MR) is 39.9 cm³/mol. The van der Waals surface area contributed by atoms with Gasteiger partial charge in [-0.15, -0.1) is 0 Å². The molecule has 0 aromatic rings. The van der Waals surface area contributed by atoms with Gasteiger partial charge >= 0.3 is 6.09 Å². The molecule has 0 atom stereocenters. The molecule has 0 saturated heterocycles. The zero-order valence-electron chi connectivity index (χ0n) is 6.15. The molecular weight excluding hydrogens is 146 g/mol. The highest BCUT2D eigenvalue weighted by Crippen LogP contribution is 1.98. The van der Waals surface area contributed by atoms with Gasteiger partial charge in [0.25, 0.3) is 0 Å². The molecule has 0 bridgehead atoms. The number of hydrogen-bond donors (Lipinski definition) is 1. The van der Waals surface area contributed by atoms with Gasteiger partial charge in [0, 0.05) is 6.20 Å². The van der Waals surface area contributed by atoms with E-state index in [-0.39, 0.29) is 5.96 Å². The van der Waals surface area contributed by atoms with Gasteiger partial charge < -0.3 is 10.5 Å². The molecule has 0 fully saturated rings. The normalized spacial score (nSPS) is 16.1. The Morgan fingerprint density at radius 2 is 2.64 bits per heavy atom. The Kier molecular flexibility index (Phi) is 2.10. The number of amides is 1. The van der Waals surface area contributed by atoms with Gasteiger partial charge in [-0.05, 0) is 6.08 Å². The number of carbonyl (C=O) groups is 1. The number of ether oxygens (including phenoxy) is 1. The van der Waals surface area contributed by atoms with Crippen molar-refractivity contribution in [3.05, 3.63) is 12.3 Å². The number of hydrogen-bond acceptors (Lipinski definition) is 4. The molecule has 0 radical (unpaired) electrons. The van der Waals surface area contributed by atoms with Crippen molar-refractivity contribution in [2.24, 2.45) is 10.7 Å². The van der Waals surface area contributed by atoms with E-state index in [2.05, 4.69) is 9.73 Å². The van der Waals surface area contributed by atoms with Crippen molar-refractivity contribution < 1.29 is 9.53 Å². The minimum Gasteiger partial charge on any atom is -0.452 e. The van der Waals surface area contributed by atoms with Gasteiger partial charge in [-0.1, -0.05) is 0 Å². The van der Waals surface area contributed by atoms with E-state index in [1.165, 1.54) is 12.0 Å². The Morgan fingerprint density at radius 1 is 1.91 bits per heavy atom. The standard InChI is InChI=1S/C6H9N3O2/c1-11-6(10)9-4-2-3-8-5(9)7/h2-3H,4H2,1H3,(H2,7,8). The summed E-state index contributed by atoms with van der Waals surface area (Å²) < 4.78 is 4.45. The fourth-order valence-corrected chi connectivity index (χ4v) is 0.723. The second-order valence-electron chi connectivity index (χ2n) is 1.95. The molecule has 11 heavy (non-hydrogen) atoms. The van der Waals surface area contributed by atoms with Crippen LogP contribution in [-0.4, -0.2) is 30.6 Å². The van der Waals surface area contributed by atoms with Crippen LogP contribution in [0.25, 0.3) is 0 Å². The molecule has 1 aliphatic rings. The Bertz CT molecular complexity index is 222. The van der Waals surface area contributed by atoms with Crippen LogP contribution >= 0.6 is 0 Å². The second kappa shape index (κ2) is 3.05. The van der Waals surface area contributed by atoms with E-state index in [9.17, 15) is 4.79 Å². The van der Waals surface area contributed by atoms with Gasteiger partial charge in [-0.3, -0.25) is 0 Å². The first-order valence-corrected chi connectivity index (χ1v) is 3.09. The van der Waals surface area contributed by atoms with Crippen molar-refractivity contribution in [3.63, 3.8) is 0 Å². The maximum atomic E-state index is 10.9. The number of carbonyl (C=O) groups excluding carboxylic acids is 1. The molecule has 0 aromatic heterocycles. The summed E-state index contributed by atoms with van der Waals surface area (Å²) in [7, 11) is 1.30. The summed E-state index contributed by atoms with van der Waals surface area (Å²) in [6, 6.07) is 0. The lowest BCUT2D eigenvalue weighted by atomic mass is 10.5. The second-order valence-corrected chi connectivity index (χ2v) is 1.95. The molecule has 60 valence electrons. The van der Waals surface area contributed by atoms with Crippen molar-refractivity contribution in [1.29, 1.82) is 0 Å². The number of nitrogens with zero attached hydrogens (tertiary/aromatic N) is 2. The van der Waals surface area contributed by atoms with Gasteiger partial charge in [0.15, 0.2) is 0 Å². The third-order valence-electron chi connectivity index (χ3n) is 1.27. The fraction of sp³-hybridized carbons (Fsp3) is 0.333. The molecular formula is C6H9N3O2. The lowest BCUT2D eigenvalue weighted by Gasteiger charge is -2.19. The molecule has 0 aromatic carbocycles. The number of nitrogens with two attached hydrogens (primary N) is 1. The summed E-state index contributed by atoms with van der Waals surface area (Å²) in [4.78, 5) is 15.8. The third-order valence-corrected chi connectivity index (χ3v) is 1.27. The Labute approximate surface area is 64.1 Å². The van der Waals surface area contributed by atoms with Gasteiger partial charge in [0.05, 0.1) is 13.7 Å². The lowest BCUT2D eigenvalue weighted by molar-refractivity contribution is 0.148. The van der Waals surface area contributed by atoms with Crippen LogP contribution in [0.5, 0.6) is 0 Å². The summed E-state index contributed by atoms with van der Waals surface area (Å²) in [5, 5.41) is 0. The molecule has 5 nitrogen and oxygen atoms in total. The molecule has 0 saturated carbocycles. The van der Waals surface area contributed by atoms with Crippen molar-refractivity contribution in [1.82, 2.24) is 4.90 Å². The Balaban J connectivity index is 2.68. The monoisotopic (exact) mass is 155 g/mol. The molecule has 0 spiro atoms. The highest BCUT2D eigenvalue weighted by molar-refractivity contribution is 5.93. The van der Waals surface area contributed by atoms with Crippen molar-refractivity contribution in [2.45, 2.75) is 0 Å². The Hall–Kier alpha value is -1.52. The van der Waals surface area contributed by atoms with E-state index in [4.69, 9.17) is 5.73 Å². The van der Waals surface area contributed by atoms with Crippen LogP contribution in [0.2, 0.25) is 0 Å². The Morgan fingerprint density at radius 3 is 3.18 bits per heavy atom. The SMILES string of the molecule is COC(=O)N1CC=CN=C1N. The first kappa shape index (κ1) is 7.59. The summed E-state index contributed by atoms with van der Waals surface area (Å²) in [5.41, 5.74) is 5.38. The first-order valence-electron chi connectivity index (χ1n) is 3.09. The quantitative estimate of drug-likeness (QED) is 0.531. The van der Waals surface area contributed by atoms with Crippen LogP contribution in [0, 0.1) is 0 Å². The van der Waals surface area contributed by atoms with E-state index in [1.807, 2.05) is 0 Å². The molecule has 1 amide bonds. The number of guanidine groups is 1. The molecule has 1 rings (SSSR count). The average Bonchev–Trinajstić information content (AvgIpc) is 2.04. The molecule has 5 heteroatoms. The highest BCUT2D eigenvalue weighted by Gasteiger charge is 2.17. The van der Waals surface area contributed by atoms with Gasteiger partial charge in [0.2, 0.25) is 5.96 Å². The zero-order chi connectivity index (χ0) is 8.27.